The molecule has 0 saturated carbocycles. The van der Waals surface area contributed by atoms with Gasteiger partial charge in [0.05, 0.1) is 11.3 Å². The Balaban J connectivity index is 1.59. The maximum Gasteiger partial charge on any atom is 0.253 e. The largest absolute Gasteiger partial charge is 0.366 e. The number of benzene rings is 2. The van der Waals surface area contributed by atoms with Gasteiger partial charge in [0.15, 0.2) is 0 Å². The summed E-state index contributed by atoms with van der Waals surface area (Å²) in [6.45, 7) is 0.994. The van der Waals surface area contributed by atoms with Gasteiger partial charge in [-0.3, -0.25) is 14.4 Å². The number of rotatable bonds is 4. The van der Waals surface area contributed by atoms with Crippen LogP contribution in [0.3, 0.4) is 0 Å². The topological polar surface area (TPSA) is 92.5 Å². The number of carbonyl (C=O) groups is 3. The van der Waals surface area contributed by atoms with Crippen molar-refractivity contribution >= 4 is 35.0 Å². The van der Waals surface area contributed by atoms with Gasteiger partial charge in [0, 0.05) is 29.6 Å². The van der Waals surface area contributed by atoms with Crippen molar-refractivity contribution in [3.05, 3.63) is 64.7 Å². The average Bonchev–Trinajstić information content (AvgIpc) is 2.68. The van der Waals surface area contributed by atoms with Crippen LogP contribution in [0.5, 0.6) is 0 Å². The third-order valence-corrected chi connectivity index (χ3v) is 4.95. The molecule has 0 aromatic heterocycles. The Kier molecular flexibility index (Phi) is 5.76. The van der Waals surface area contributed by atoms with Crippen LogP contribution in [0.2, 0.25) is 5.02 Å². The Bertz CT molecular complexity index is 859. The first-order valence-electron chi connectivity index (χ1n) is 8.70. The first-order valence-corrected chi connectivity index (χ1v) is 9.08. The molecule has 0 atom stereocenters. The molecule has 1 heterocycles. The van der Waals surface area contributed by atoms with Crippen molar-refractivity contribution in [2.75, 3.05) is 18.4 Å². The van der Waals surface area contributed by atoms with Crippen molar-refractivity contribution < 1.29 is 14.4 Å². The predicted molar refractivity (Wildman–Crippen MR) is 104 cm³/mol. The van der Waals surface area contributed by atoms with E-state index in [0.29, 0.717) is 42.2 Å². The maximum atomic E-state index is 12.5. The van der Waals surface area contributed by atoms with Crippen LogP contribution in [-0.2, 0) is 4.79 Å². The summed E-state index contributed by atoms with van der Waals surface area (Å²) in [5.74, 6) is -1.04. The van der Waals surface area contributed by atoms with Gasteiger partial charge in [0.1, 0.15) is 0 Å². The summed E-state index contributed by atoms with van der Waals surface area (Å²) in [5, 5.41) is 3.37. The quantitative estimate of drug-likeness (QED) is 0.847. The molecular formula is C20H20ClN3O3. The summed E-state index contributed by atoms with van der Waals surface area (Å²) >= 11 is 5.85. The Morgan fingerprint density at radius 1 is 1.00 bits per heavy atom. The molecule has 7 heteroatoms. The Labute approximate surface area is 162 Å². The van der Waals surface area contributed by atoms with E-state index >= 15 is 0 Å². The van der Waals surface area contributed by atoms with E-state index in [-0.39, 0.29) is 23.3 Å². The van der Waals surface area contributed by atoms with Crippen LogP contribution in [-0.4, -0.2) is 35.7 Å². The van der Waals surface area contributed by atoms with E-state index < -0.39 is 5.91 Å². The summed E-state index contributed by atoms with van der Waals surface area (Å²) < 4.78 is 0. The smallest absolute Gasteiger partial charge is 0.253 e. The molecule has 3 rings (SSSR count). The van der Waals surface area contributed by atoms with E-state index in [1.807, 2.05) is 0 Å². The van der Waals surface area contributed by atoms with Gasteiger partial charge < -0.3 is 16.0 Å². The van der Waals surface area contributed by atoms with Crippen molar-refractivity contribution in [2.45, 2.75) is 12.8 Å². The first kappa shape index (κ1) is 18.9. The molecule has 0 radical (unpaired) electrons. The maximum absolute atomic E-state index is 12.5. The van der Waals surface area contributed by atoms with Crippen LogP contribution in [0.4, 0.5) is 5.69 Å². The normalized spacial score (nSPS) is 14.6. The lowest BCUT2D eigenvalue weighted by atomic mass is 9.95. The summed E-state index contributed by atoms with van der Waals surface area (Å²) in [5.41, 5.74) is 6.61. The molecule has 27 heavy (non-hydrogen) atoms. The monoisotopic (exact) mass is 385 g/mol. The number of anilines is 1. The van der Waals surface area contributed by atoms with Crippen LogP contribution < -0.4 is 11.1 Å². The molecule has 1 aliphatic rings. The standard InChI is InChI=1S/C20H20ClN3O3/c21-15-7-5-14(6-8-15)20(27)24-11-9-13(10-12-24)19(26)23-17-4-2-1-3-16(17)18(22)25/h1-8,13H,9-12H2,(H2,22,25)(H,23,26). The van der Waals surface area contributed by atoms with Crippen LogP contribution >= 0.6 is 11.6 Å². The fourth-order valence-corrected chi connectivity index (χ4v) is 3.29. The molecule has 0 bridgehead atoms. The minimum atomic E-state index is -0.589. The van der Waals surface area contributed by atoms with Gasteiger partial charge in [-0.05, 0) is 49.2 Å². The molecule has 6 nitrogen and oxygen atoms in total. The Morgan fingerprint density at radius 3 is 2.26 bits per heavy atom. The number of halogens is 1. The molecule has 3 amide bonds. The van der Waals surface area contributed by atoms with Gasteiger partial charge in [0.2, 0.25) is 5.91 Å². The number of primary amides is 1. The van der Waals surface area contributed by atoms with Gasteiger partial charge in [0.25, 0.3) is 11.8 Å². The molecular weight excluding hydrogens is 366 g/mol. The fourth-order valence-electron chi connectivity index (χ4n) is 3.16. The lowest BCUT2D eigenvalue weighted by molar-refractivity contribution is -0.121. The zero-order valence-corrected chi connectivity index (χ0v) is 15.4. The second-order valence-electron chi connectivity index (χ2n) is 6.47. The minimum Gasteiger partial charge on any atom is -0.366 e. The number of hydrogen-bond donors (Lipinski definition) is 2. The number of likely N-dealkylation sites (tertiary alicyclic amines) is 1. The van der Waals surface area contributed by atoms with Crippen LogP contribution in [0.1, 0.15) is 33.6 Å². The number of nitrogens with one attached hydrogen (secondary N) is 1. The molecule has 0 unspecified atom stereocenters. The molecule has 1 aliphatic heterocycles. The molecule has 2 aromatic carbocycles. The molecule has 1 saturated heterocycles. The van der Waals surface area contributed by atoms with Gasteiger partial charge >= 0.3 is 0 Å². The first-order chi connectivity index (χ1) is 13.0. The predicted octanol–water partition coefficient (Wildman–Crippen LogP) is 2.93. The third kappa shape index (κ3) is 4.46. The van der Waals surface area contributed by atoms with E-state index in [0.717, 1.165) is 0 Å². The summed E-state index contributed by atoms with van der Waals surface area (Å²) in [6.07, 6.45) is 1.12. The SMILES string of the molecule is NC(=O)c1ccccc1NC(=O)C1CCN(C(=O)c2ccc(Cl)cc2)CC1. The number of carbonyl (C=O) groups excluding carboxylic acids is 3. The van der Waals surface area contributed by atoms with E-state index in [1.165, 1.54) is 0 Å². The molecule has 1 fully saturated rings. The lowest BCUT2D eigenvalue weighted by Gasteiger charge is -2.31. The highest BCUT2D eigenvalue weighted by Gasteiger charge is 2.28. The van der Waals surface area contributed by atoms with Crippen molar-refractivity contribution in [2.24, 2.45) is 11.7 Å². The Morgan fingerprint density at radius 2 is 1.63 bits per heavy atom. The fraction of sp³-hybridized carbons (Fsp3) is 0.250. The highest BCUT2D eigenvalue weighted by Crippen LogP contribution is 2.23. The van der Waals surface area contributed by atoms with Gasteiger partial charge in [-0.25, -0.2) is 0 Å². The van der Waals surface area contributed by atoms with Gasteiger partial charge in [-0.1, -0.05) is 23.7 Å². The van der Waals surface area contributed by atoms with Crippen molar-refractivity contribution in [1.82, 2.24) is 4.90 Å². The zero-order valence-electron chi connectivity index (χ0n) is 14.7. The molecule has 2 aromatic rings. The van der Waals surface area contributed by atoms with E-state index in [2.05, 4.69) is 5.32 Å². The van der Waals surface area contributed by atoms with Crippen molar-refractivity contribution in [3.8, 4) is 0 Å². The summed E-state index contributed by atoms with van der Waals surface area (Å²) in [7, 11) is 0. The Hall–Kier alpha value is -2.86. The average molecular weight is 386 g/mol. The number of para-hydroxylation sites is 1. The summed E-state index contributed by atoms with van der Waals surface area (Å²) in [4.78, 5) is 38.3. The molecule has 0 spiro atoms. The zero-order chi connectivity index (χ0) is 19.4. The van der Waals surface area contributed by atoms with Gasteiger partial charge in [-0.15, -0.1) is 0 Å². The summed E-state index contributed by atoms with van der Waals surface area (Å²) in [6, 6.07) is 13.4. The minimum absolute atomic E-state index is 0.0652. The third-order valence-electron chi connectivity index (χ3n) is 4.69. The van der Waals surface area contributed by atoms with E-state index in [4.69, 9.17) is 17.3 Å². The van der Waals surface area contributed by atoms with Crippen LogP contribution in [0.25, 0.3) is 0 Å². The lowest BCUT2D eigenvalue weighted by Crippen LogP contribution is -2.41. The number of amides is 3. The number of nitrogens with zero attached hydrogens (tertiary/aromatic N) is 1. The highest BCUT2D eigenvalue weighted by molar-refractivity contribution is 6.30. The van der Waals surface area contributed by atoms with Gasteiger partial charge in [-0.2, -0.15) is 0 Å². The molecule has 140 valence electrons. The van der Waals surface area contributed by atoms with E-state index in [1.54, 1.807) is 53.4 Å². The second kappa shape index (κ2) is 8.22. The number of piperidine rings is 1. The number of hydrogen-bond acceptors (Lipinski definition) is 3. The second-order valence-corrected chi connectivity index (χ2v) is 6.91. The van der Waals surface area contributed by atoms with Crippen molar-refractivity contribution in [1.29, 1.82) is 0 Å². The van der Waals surface area contributed by atoms with Crippen LogP contribution in [0.15, 0.2) is 48.5 Å². The van der Waals surface area contributed by atoms with E-state index in [9.17, 15) is 14.4 Å². The highest BCUT2D eigenvalue weighted by atomic mass is 35.5. The van der Waals surface area contributed by atoms with Crippen LogP contribution in [0, 0.1) is 5.92 Å². The molecule has 3 N–H and O–H groups in total. The number of nitrogens with two attached hydrogens (primary N) is 1. The molecule has 0 aliphatic carbocycles. The van der Waals surface area contributed by atoms with Crippen molar-refractivity contribution in [3.63, 3.8) is 0 Å².